The predicted molar refractivity (Wildman–Crippen MR) is 118 cm³/mol. The van der Waals surface area contributed by atoms with Crippen molar-refractivity contribution in [3.8, 4) is 11.1 Å². The summed E-state index contributed by atoms with van der Waals surface area (Å²) in [6, 6.07) is 16.7. The van der Waals surface area contributed by atoms with Crippen LogP contribution in [0.1, 0.15) is 32.1 Å². The van der Waals surface area contributed by atoms with Gasteiger partial charge in [-0.25, -0.2) is 0 Å². The van der Waals surface area contributed by atoms with Gasteiger partial charge in [-0.15, -0.1) is 0 Å². The van der Waals surface area contributed by atoms with Crippen molar-refractivity contribution < 1.29 is 0 Å². The lowest BCUT2D eigenvalue weighted by Gasteiger charge is -2.27. The third-order valence-electron chi connectivity index (χ3n) is 6.13. The van der Waals surface area contributed by atoms with Crippen LogP contribution in [0.2, 0.25) is 0 Å². The molecule has 5 rings (SSSR count). The summed E-state index contributed by atoms with van der Waals surface area (Å²) < 4.78 is 0. The number of fused-ring (bicyclic) bond motifs is 1. The van der Waals surface area contributed by atoms with Gasteiger partial charge in [-0.05, 0) is 92.0 Å². The minimum absolute atomic E-state index is 0.520. The Labute approximate surface area is 166 Å². The minimum Gasteiger partial charge on any atom is -0.382 e. The number of benzene rings is 2. The molecule has 0 atom stereocenters. The monoisotopic (exact) mass is 372 g/mol. The number of hydrogen-bond acceptors (Lipinski definition) is 4. The van der Waals surface area contributed by atoms with Crippen LogP contribution in [0.5, 0.6) is 0 Å². The van der Waals surface area contributed by atoms with Crippen LogP contribution < -0.4 is 16.0 Å². The molecule has 0 bridgehead atoms. The van der Waals surface area contributed by atoms with E-state index < -0.39 is 0 Å². The fourth-order valence-electron chi connectivity index (χ4n) is 4.25. The first-order chi connectivity index (χ1) is 13.8. The number of nitrogens with zero attached hydrogens (tertiary/aromatic N) is 1. The number of piperidine rings is 1. The van der Waals surface area contributed by atoms with Crippen LogP contribution in [0.3, 0.4) is 0 Å². The highest BCUT2D eigenvalue weighted by molar-refractivity contribution is 5.97. The van der Waals surface area contributed by atoms with E-state index in [1.807, 2.05) is 12.4 Å². The number of anilines is 2. The number of nitrogens with one attached hydrogen (secondary N) is 3. The van der Waals surface area contributed by atoms with Gasteiger partial charge in [0.2, 0.25) is 0 Å². The second kappa shape index (κ2) is 7.80. The molecule has 0 amide bonds. The molecule has 3 aromatic rings. The zero-order valence-electron chi connectivity index (χ0n) is 16.2. The van der Waals surface area contributed by atoms with Crippen molar-refractivity contribution in [3.05, 3.63) is 54.9 Å². The van der Waals surface area contributed by atoms with Gasteiger partial charge in [-0.1, -0.05) is 12.1 Å². The molecule has 4 heteroatoms. The number of rotatable bonds is 5. The molecule has 0 radical (unpaired) electrons. The Kier molecular flexibility index (Phi) is 4.88. The fourth-order valence-corrected chi connectivity index (χ4v) is 4.25. The number of aromatic nitrogens is 1. The average Bonchev–Trinajstić information content (AvgIpc) is 2.72. The average molecular weight is 373 g/mol. The van der Waals surface area contributed by atoms with Gasteiger partial charge in [0, 0.05) is 41.2 Å². The van der Waals surface area contributed by atoms with Gasteiger partial charge in [0.1, 0.15) is 0 Å². The summed E-state index contributed by atoms with van der Waals surface area (Å²) in [6.45, 7) is 2.17. The lowest BCUT2D eigenvalue weighted by molar-refractivity contribution is 0.445. The molecule has 3 N–H and O–H groups in total. The SMILES string of the molecule is c1cc(NC2CCC2)cc(-c2cc(NC3CCNCC3)c3cnccc3c2)c1. The third kappa shape index (κ3) is 3.69. The molecule has 2 aliphatic rings. The normalized spacial score (nSPS) is 18.0. The van der Waals surface area contributed by atoms with Gasteiger partial charge in [0.25, 0.3) is 0 Å². The van der Waals surface area contributed by atoms with Crippen molar-refractivity contribution in [1.29, 1.82) is 0 Å². The second-order valence-corrected chi connectivity index (χ2v) is 8.14. The summed E-state index contributed by atoms with van der Waals surface area (Å²) >= 11 is 0. The van der Waals surface area contributed by atoms with Gasteiger partial charge >= 0.3 is 0 Å². The Morgan fingerprint density at radius 3 is 2.54 bits per heavy atom. The molecule has 2 aromatic carbocycles. The van der Waals surface area contributed by atoms with Crippen LogP contribution in [0.15, 0.2) is 54.9 Å². The van der Waals surface area contributed by atoms with Crippen molar-refractivity contribution in [2.75, 3.05) is 23.7 Å². The van der Waals surface area contributed by atoms with E-state index in [1.165, 1.54) is 52.5 Å². The molecule has 1 aliphatic carbocycles. The molecule has 4 nitrogen and oxygen atoms in total. The van der Waals surface area contributed by atoms with Crippen LogP contribution in [-0.2, 0) is 0 Å². The molecule has 2 heterocycles. The van der Waals surface area contributed by atoms with Crippen molar-refractivity contribution >= 4 is 22.1 Å². The van der Waals surface area contributed by atoms with Crippen LogP contribution in [-0.4, -0.2) is 30.2 Å². The maximum atomic E-state index is 4.37. The molecular weight excluding hydrogens is 344 g/mol. The van der Waals surface area contributed by atoms with Crippen molar-refractivity contribution in [2.24, 2.45) is 0 Å². The van der Waals surface area contributed by atoms with E-state index in [1.54, 1.807) is 0 Å². The van der Waals surface area contributed by atoms with E-state index in [4.69, 9.17) is 0 Å². The molecule has 2 fully saturated rings. The molecule has 1 aliphatic heterocycles. The van der Waals surface area contributed by atoms with Crippen LogP contribution in [0, 0.1) is 0 Å². The first-order valence-electron chi connectivity index (χ1n) is 10.6. The lowest BCUT2D eigenvalue weighted by Crippen LogP contribution is -2.35. The molecule has 144 valence electrons. The summed E-state index contributed by atoms with van der Waals surface area (Å²) in [5, 5.41) is 13.4. The first kappa shape index (κ1) is 17.5. The highest BCUT2D eigenvalue weighted by atomic mass is 15.0. The quantitative estimate of drug-likeness (QED) is 0.588. The van der Waals surface area contributed by atoms with E-state index in [2.05, 4.69) is 63.4 Å². The summed E-state index contributed by atoms with van der Waals surface area (Å²) in [7, 11) is 0. The smallest absolute Gasteiger partial charge is 0.0443 e. The van der Waals surface area contributed by atoms with Crippen molar-refractivity contribution in [3.63, 3.8) is 0 Å². The fraction of sp³-hybridized carbons (Fsp3) is 0.375. The van der Waals surface area contributed by atoms with E-state index in [-0.39, 0.29) is 0 Å². The Morgan fingerprint density at radius 1 is 0.857 bits per heavy atom. The van der Waals surface area contributed by atoms with Crippen molar-refractivity contribution in [1.82, 2.24) is 10.3 Å². The van der Waals surface area contributed by atoms with Gasteiger partial charge in [0.15, 0.2) is 0 Å². The summed E-state index contributed by atoms with van der Waals surface area (Å²) in [4.78, 5) is 4.37. The van der Waals surface area contributed by atoms with Gasteiger partial charge in [-0.2, -0.15) is 0 Å². The first-order valence-corrected chi connectivity index (χ1v) is 10.6. The number of pyridine rings is 1. The lowest BCUT2D eigenvalue weighted by atomic mass is 9.92. The molecule has 0 spiro atoms. The second-order valence-electron chi connectivity index (χ2n) is 8.14. The Morgan fingerprint density at radius 2 is 1.71 bits per heavy atom. The van der Waals surface area contributed by atoms with E-state index in [0.29, 0.717) is 12.1 Å². The summed E-state index contributed by atoms with van der Waals surface area (Å²) in [5.74, 6) is 0. The van der Waals surface area contributed by atoms with E-state index in [0.717, 1.165) is 25.9 Å². The minimum atomic E-state index is 0.520. The van der Waals surface area contributed by atoms with Gasteiger partial charge < -0.3 is 16.0 Å². The van der Waals surface area contributed by atoms with E-state index in [9.17, 15) is 0 Å². The molecular formula is C24H28N4. The summed E-state index contributed by atoms with van der Waals surface area (Å²) in [5.41, 5.74) is 4.94. The molecule has 0 unspecified atom stereocenters. The van der Waals surface area contributed by atoms with Gasteiger partial charge in [-0.3, -0.25) is 4.98 Å². The Bertz CT molecular complexity index is 958. The summed E-state index contributed by atoms with van der Waals surface area (Å²) in [6.07, 6.45) is 10.1. The van der Waals surface area contributed by atoms with E-state index >= 15 is 0 Å². The van der Waals surface area contributed by atoms with Crippen LogP contribution >= 0.6 is 0 Å². The maximum absolute atomic E-state index is 4.37. The van der Waals surface area contributed by atoms with Gasteiger partial charge in [0.05, 0.1) is 0 Å². The third-order valence-corrected chi connectivity index (χ3v) is 6.13. The zero-order valence-corrected chi connectivity index (χ0v) is 16.2. The Hall–Kier alpha value is -2.59. The molecule has 1 saturated heterocycles. The molecule has 1 aromatic heterocycles. The Balaban J connectivity index is 1.49. The highest BCUT2D eigenvalue weighted by Crippen LogP contribution is 2.33. The maximum Gasteiger partial charge on any atom is 0.0443 e. The predicted octanol–water partition coefficient (Wildman–Crippen LogP) is 5.03. The number of hydrogen-bond donors (Lipinski definition) is 3. The standard InChI is InChI=1S/C24H28N4/c1-3-17(14-22(6-1)27-20-4-2-5-20)19-13-18-7-10-26-16-23(18)24(15-19)28-21-8-11-25-12-9-21/h1,3,6-7,10,13-16,20-21,25,27-28H,2,4-5,8-9,11-12H2. The topological polar surface area (TPSA) is 49.0 Å². The largest absolute Gasteiger partial charge is 0.382 e. The highest BCUT2D eigenvalue weighted by Gasteiger charge is 2.17. The zero-order chi connectivity index (χ0) is 18.8. The molecule has 28 heavy (non-hydrogen) atoms. The van der Waals surface area contributed by atoms with Crippen molar-refractivity contribution in [2.45, 2.75) is 44.2 Å². The van der Waals surface area contributed by atoms with Crippen LogP contribution in [0.25, 0.3) is 21.9 Å². The molecule has 1 saturated carbocycles. The van der Waals surface area contributed by atoms with Crippen LogP contribution in [0.4, 0.5) is 11.4 Å².